The van der Waals surface area contributed by atoms with E-state index >= 15 is 0 Å². The number of nitrogens with zero attached hydrogens (tertiary/aromatic N) is 2. The zero-order valence-electron chi connectivity index (χ0n) is 13.4. The van der Waals surface area contributed by atoms with Crippen LogP contribution in [0.1, 0.15) is 30.3 Å². The molecule has 1 atom stereocenters. The summed E-state index contributed by atoms with van der Waals surface area (Å²) in [5, 5.41) is 9.52. The lowest BCUT2D eigenvalue weighted by Gasteiger charge is -2.16. The van der Waals surface area contributed by atoms with Gasteiger partial charge in [0.2, 0.25) is 10.0 Å². The lowest BCUT2D eigenvalue weighted by Crippen LogP contribution is -2.14. The average molecular weight is 362 g/mol. The van der Waals surface area contributed by atoms with Gasteiger partial charge in [-0.3, -0.25) is 0 Å². The number of thiophene rings is 1. The van der Waals surface area contributed by atoms with Gasteiger partial charge in [-0.2, -0.15) is 0 Å². The molecule has 8 heteroatoms. The molecular formula is C16H18N4O2S2. The zero-order chi connectivity index (χ0) is 17.3. The number of anilines is 1. The van der Waals surface area contributed by atoms with E-state index in [1.165, 1.54) is 17.3 Å². The van der Waals surface area contributed by atoms with Gasteiger partial charge in [-0.05, 0) is 37.1 Å². The monoisotopic (exact) mass is 362 g/mol. The molecule has 0 fully saturated rings. The van der Waals surface area contributed by atoms with E-state index in [1.807, 2.05) is 13.0 Å². The van der Waals surface area contributed by atoms with Crippen LogP contribution in [0.2, 0.25) is 0 Å². The van der Waals surface area contributed by atoms with Crippen molar-refractivity contribution in [3.05, 3.63) is 47.1 Å². The Bertz CT molecular complexity index is 983. The molecule has 3 aromatic rings. The zero-order valence-corrected chi connectivity index (χ0v) is 15.0. The van der Waals surface area contributed by atoms with Crippen LogP contribution >= 0.6 is 11.3 Å². The summed E-state index contributed by atoms with van der Waals surface area (Å²) in [6, 6.07) is 8.57. The Balaban J connectivity index is 1.93. The third-order valence-electron chi connectivity index (χ3n) is 3.77. The molecule has 1 aromatic carbocycles. The van der Waals surface area contributed by atoms with Crippen LogP contribution in [0.5, 0.6) is 0 Å². The molecule has 3 N–H and O–H groups in total. The molecule has 2 aromatic heterocycles. The van der Waals surface area contributed by atoms with Gasteiger partial charge in [0.25, 0.3) is 0 Å². The Labute approximate surface area is 144 Å². The molecule has 126 valence electrons. The normalized spacial score (nSPS) is 13.1. The molecule has 0 saturated heterocycles. The minimum absolute atomic E-state index is 0.102. The predicted octanol–water partition coefficient (Wildman–Crippen LogP) is 3.07. The molecular weight excluding hydrogens is 344 g/mol. The first kappa shape index (κ1) is 16.8. The van der Waals surface area contributed by atoms with Crippen LogP contribution in [-0.4, -0.2) is 18.4 Å². The molecule has 0 aliphatic carbocycles. The van der Waals surface area contributed by atoms with E-state index in [0.717, 1.165) is 28.0 Å². The van der Waals surface area contributed by atoms with Crippen molar-refractivity contribution in [2.75, 3.05) is 5.32 Å². The Hall–Kier alpha value is -2.03. The lowest BCUT2D eigenvalue weighted by atomic mass is 10.1. The second-order valence-electron chi connectivity index (χ2n) is 5.49. The summed E-state index contributed by atoms with van der Waals surface area (Å²) in [6.45, 7) is 4.05. The van der Waals surface area contributed by atoms with Gasteiger partial charge in [0.05, 0.1) is 16.3 Å². The Morgan fingerprint density at radius 3 is 2.79 bits per heavy atom. The number of nitrogens with one attached hydrogen (secondary N) is 1. The number of aryl methyl sites for hydroxylation is 1. The maximum Gasteiger partial charge on any atom is 0.238 e. The molecule has 1 unspecified atom stereocenters. The minimum atomic E-state index is -3.72. The van der Waals surface area contributed by atoms with Gasteiger partial charge in [-0.15, -0.1) is 11.3 Å². The van der Waals surface area contributed by atoms with Crippen LogP contribution < -0.4 is 10.5 Å². The van der Waals surface area contributed by atoms with Gasteiger partial charge in [0, 0.05) is 4.88 Å². The number of fused-ring (bicyclic) bond motifs is 1. The first-order valence-electron chi connectivity index (χ1n) is 7.51. The standard InChI is InChI=1S/C16H18N4O2S2/c1-3-12-8-14-15(18-9-19-16(14)23-12)20-10(2)11-5-4-6-13(7-11)24(17,21)22/h4-10H,3H2,1-2H3,(H2,17,21,22)(H,18,19,20). The van der Waals surface area contributed by atoms with Crippen molar-refractivity contribution >= 4 is 37.4 Å². The summed E-state index contributed by atoms with van der Waals surface area (Å²) in [5.74, 6) is 0.740. The molecule has 2 heterocycles. The molecule has 0 spiro atoms. The van der Waals surface area contributed by atoms with E-state index in [2.05, 4.69) is 28.3 Å². The number of nitrogens with two attached hydrogens (primary N) is 1. The Kier molecular flexibility index (Phi) is 4.53. The van der Waals surface area contributed by atoms with E-state index in [1.54, 1.807) is 23.5 Å². The summed E-state index contributed by atoms with van der Waals surface area (Å²) >= 11 is 1.65. The van der Waals surface area contributed by atoms with Gasteiger partial charge in [0.15, 0.2) is 0 Å². The smallest absolute Gasteiger partial charge is 0.238 e. The fraction of sp³-hybridized carbons (Fsp3) is 0.250. The lowest BCUT2D eigenvalue weighted by molar-refractivity contribution is 0.597. The molecule has 0 saturated carbocycles. The number of hydrogen-bond acceptors (Lipinski definition) is 6. The van der Waals surface area contributed by atoms with E-state index in [0.29, 0.717) is 0 Å². The van der Waals surface area contributed by atoms with Crippen molar-refractivity contribution in [2.45, 2.75) is 31.2 Å². The summed E-state index contributed by atoms with van der Waals surface area (Å²) in [6.07, 6.45) is 2.49. The first-order chi connectivity index (χ1) is 11.4. The van der Waals surface area contributed by atoms with Crippen molar-refractivity contribution in [2.24, 2.45) is 5.14 Å². The van der Waals surface area contributed by atoms with Crippen LogP contribution in [0.3, 0.4) is 0 Å². The number of sulfonamides is 1. The summed E-state index contributed by atoms with van der Waals surface area (Å²) < 4.78 is 23.0. The van der Waals surface area contributed by atoms with Crippen molar-refractivity contribution in [1.29, 1.82) is 0 Å². The van der Waals surface area contributed by atoms with Gasteiger partial charge >= 0.3 is 0 Å². The van der Waals surface area contributed by atoms with Crippen LogP contribution in [0.25, 0.3) is 10.2 Å². The highest BCUT2D eigenvalue weighted by atomic mass is 32.2. The Morgan fingerprint density at radius 1 is 1.29 bits per heavy atom. The van der Waals surface area contributed by atoms with Crippen molar-refractivity contribution < 1.29 is 8.42 Å². The highest BCUT2D eigenvalue weighted by Crippen LogP contribution is 2.30. The minimum Gasteiger partial charge on any atom is -0.363 e. The van der Waals surface area contributed by atoms with E-state index in [4.69, 9.17) is 5.14 Å². The molecule has 0 amide bonds. The van der Waals surface area contributed by atoms with Gasteiger partial charge < -0.3 is 5.32 Å². The summed E-state index contributed by atoms with van der Waals surface area (Å²) in [7, 11) is -3.72. The van der Waals surface area contributed by atoms with E-state index in [9.17, 15) is 8.42 Å². The second kappa shape index (κ2) is 6.46. The van der Waals surface area contributed by atoms with Crippen LogP contribution in [0.15, 0.2) is 41.6 Å². The molecule has 0 aliphatic rings. The molecule has 0 aliphatic heterocycles. The van der Waals surface area contributed by atoms with E-state index < -0.39 is 10.0 Å². The fourth-order valence-corrected chi connectivity index (χ4v) is 3.95. The van der Waals surface area contributed by atoms with E-state index in [-0.39, 0.29) is 10.9 Å². The van der Waals surface area contributed by atoms with Gasteiger partial charge in [-0.1, -0.05) is 19.1 Å². The van der Waals surface area contributed by atoms with Crippen molar-refractivity contribution in [3.8, 4) is 0 Å². The third kappa shape index (κ3) is 3.40. The van der Waals surface area contributed by atoms with Gasteiger partial charge in [-0.25, -0.2) is 23.5 Å². The third-order valence-corrected chi connectivity index (χ3v) is 5.87. The van der Waals surface area contributed by atoms with Crippen LogP contribution in [0.4, 0.5) is 5.82 Å². The number of aromatic nitrogens is 2. The number of rotatable bonds is 5. The van der Waals surface area contributed by atoms with Crippen LogP contribution in [0, 0.1) is 0 Å². The molecule has 0 radical (unpaired) electrons. The highest BCUT2D eigenvalue weighted by Gasteiger charge is 2.14. The summed E-state index contributed by atoms with van der Waals surface area (Å²) in [5.41, 5.74) is 0.819. The van der Waals surface area contributed by atoms with Crippen molar-refractivity contribution in [3.63, 3.8) is 0 Å². The molecule has 0 bridgehead atoms. The second-order valence-corrected chi connectivity index (χ2v) is 8.17. The number of hydrogen-bond donors (Lipinski definition) is 2. The largest absolute Gasteiger partial charge is 0.363 e. The maximum absolute atomic E-state index is 11.5. The van der Waals surface area contributed by atoms with Gasteiger partial charge in [0.1, 0.15) is 17.0 Å². The molecule has 24 heavy (non-hydrogen) atoms. The highest BCUT2D eigenvalue weighted by molar-refractivity contribution is 7.89. The summed E-state index contributed by atoms with van der Waals surface area (Å²) in [4.78, 5) is 10.9. The fourth-order valence-electron chi connectivity index (χ4n) is 2.44. The Morgan fingerprint density at radius 2 is 2.08 bits per heavy atom. The quantitative estimate of drug-likeness (QED) is 0.727. The van der Waals surface area contributed by atoms with Crippen molar-refractivity contribution in [1.82, 2.24) is 9.97 Å². The SMILES string of the molecule is CCc1cc2c(NC(C)c3cccc(S(N)(=O)=O)c3)ncnc2s1. The molecule has 3 rings (SSSR count). The molecule has 6 nitrogen and oxygen atoms in total. The van der Waals surface area contributed by atoms with Crippen LogP contribution in [-0.2, 0) is 16.4 Å². The topological polar surface area (TPSA) is 98.0 Å². The number of primary sulfonamides is 1. The first-order valence-corrected chi connectivity index (χ1v) is 9.87. The predicted molar refractivity (Wildman–Crippen MR) is 96.6 cm³/mol. The number of benzene rings is 1. The maximum atomic E-state index is 11.5. The average Bonchev–Trinajstić information content (AvgIpc) is 2.98.